The number of benzene rings is 1. The van der Waals surface area contributed by atoms with Crippen molar-refractivity contribution in [2.45, 2.75) is 25.7 Å². The summed E-state index contributed by atoms with van der Waals surface area (Å²) in [7, 11) is -2.35. The predicted octanol–water partition coefficient (Wildman–Crippen LogP) is 0.970. The van der Waals surface area contributed by atoms with E-state index < -0.39 is 10.0 Å². The average Bonchev–Trinajstić information content (AvgIpc) is 2.39. The first-order chi connectivity index (χ1) is 9.66. The molecule has 0 aromatic heterocycles. The second kappa shape index (κ2) is 6.91. The lowest BCUT2D eigenvalue weighted by molar-refractivity contribution is -0.121. The molecular formula is C14H23N3O3S. The number of nitrogens with one attached hydrogen (secondary N) is 1. The van der Waals surface area contributed by atoms with Crippen molar-refractivity contribution in [2.24, 2.45) is 5.92 Å². The van der Waals surface area contributed by atoms with Gasteiger partial charge in [0, 0.05) is 19.3 Å². The molecule has 0 unspecified atom stereocenters. The maximum Gasteiger partial charge on any atom is 0.243 e. The highest BCUT2D eigenvalue weighted by Crippen LogP contribution is 2.22. The van der Waals surface area contributed by atoms with Crippen molar-refractivity contribution < 1.29 is 13.2 Å². The number of nitrogens with zero attached hydrogens (tertiary/aromatic N) is 1. The molecule has 0 aliphatic rings. The Morgan fingerprint density at radius 3 is 2.57 bits per heavy atom. The smallest absolute Gasteiger partial charge is 0.243 e. The largest absolute Gasteiger partial charge is 0.398 e. The lowest BCUT2D eigenvalue weighted by Crippen LogP contribution is -2.39. The molecule has 0 saturated carbocycles. The van der Waals surface area contributed by atoms with Crippen LogP contribution in [-0.4, -0.2) is 38.8 Å². The molecule has 7 heteroatoms. The van der Waals surface area contributed by atoms with Crippen LogP contribution >= 0.6 is 0 Å². The molecule has 0 heterocycles. The van der Waals surface area contributed by atoms with Gasteiger partial charge < -0.3 is 11.1 Å². The van der Waals surface area contributed by atoms with Crippen molar-refractivity contribution in [3.8, 4) is 0 Å². The maximum atomic E-state index is 12.5. The Kier molecular flexibility index (Phi) is 5.74. The average molecular weight is 313 g/mol. The minimum absolute atomic E-state index is 0.127. The Hall–Kier alpha value is -1.60. The normalized spacial score (nSPS) is 11.9. The third kappa shape index (κ3) is 4.44. The van der Waals surface area contributed by atoms with Crippen LogP contribution < -0.4 is 11.1 Å². The van der Waals surface area contributed by atoms with Crippen molar-refractivity contribution >= 4 is 21.6 Å². The van der Waals surface area contributed by atoms with E-state index in [0.29, 0.717) is 23.7 Å². The standard InChI is InChI=1S/C14H23N3O3S/c1-10(2)8-16-14(18)9-17(4)21(19,20)13-7-5-6-12(15)11(13)3/h5-7,10H,8-9,15H2,1-4H3,(H,16,18). The summed E-state index contributed by atoms with van der Waals surface area (Å²) in [5.41, 5.74) is 6.64. The highest BCUT2D eigenvalue weighted by Gasteiger charge is 2.25. The zero-order chi connectivity index (χ0) is 16.2. The Labute approximate surface area is 126 Å². The van der Waals surface area contributed by atoms with E-state index in [1.54, 1.807) is 19.1 Å². The summed E-state index contributed by atoms with van der Waals surface area (Å²) >= 11 is 0. The molecule has 21 heavy (non-hydrogen) atoms. The number of hydrogen-bond acceptors (Lipinski definition) is 4. The molecule has 118 valence electrons. The van der Waals surface area contributed by atoms with E-state index in [1.807, 2.05) is 13.8 Å². The number of likely N-dealkylation sites (N-methyl/N-ethyl adjacent to an activating group) is 1. The summed E-state index contributed by atoms with van der Waals surface area (Å²) in [6, 6.07) is 4.72. The minimum Gasteiger partial charge on any atom is -0.398 e. The number of nitrogens with two attached hydrogens (primary N) is 1. The number of sulfonamides is 1. The second-order valence-electron chi connectivity index (χ2n) is 5.43. The van der Waals surface area contributed by atoms with E-state index in [9.17, 15) is 13.2 Å². The van der Waals surface area contributed by atoms with Crippen LogP contribution in [0.5, 0.6) is 0 Å². The molecule has 0 spiro atoms. The van der Waals surface area contributed by atoms with Gasteiger partial charge in [-0.25, -0.2) is 8.42 Å². The van der Waals surface area contributed by atoms with Gasteiger partial charge in [0.15, 0.2) is 0 Å². The Morgan fingerprint density at radius 1 is 1.38 bits per heavy atom. The summed E-state index contributed by atoms with van der Waals surface area (Å²) in [4.78, 5) is 11.9. The summed E-state index contributed by atoms with van der Waals surface area (Å²) in [6.07, 6.45) is 0. The van der Waals surface area contributed by atoms with E-state index in [4.69, 9.17) is 5.73 Å². The van der Waals surface area contributed by atoms with Crippen LogP contribution in [0.1, 0.15) is 19.4 Å². The molecule has 0 saturated heterocycles. The molecule has 3 N–H and O–H groups in total. The molecule has 1 aromatic rings. The topological polar surface area (TPSA) is 92.5 Å². The molecule has 1 amide bonds. The zero-order valence-corrected chi connectivity index (χ0v) is 13.7. The Bertz CT molecular complexity index is 612. The summed E-state index contributed by atoms with van der Waals surface area (Å²) in [6.45, 7) is 5.88. The molecule has 0 aliphatic carbocycles. The van der Waals surface area contributed by atoms with Crippen LogP contribution in [0, 0.1) is 12.8 Å². The number of amides is 1. The fourth-order valence-electron chi connectivity index (χ4n) is 1.74. The van der Waals surface area contributed by atoms with Gasteiger partial charge in [-0.3, -0.25) is 4.79 Å². The molecule has 1 rings (SSSR count). The van der Waals surface area contributed by atoms with E-state index >= 15 is 0 Å². The van der Waals surface area contributed by atoms with E-state index in [-0.39, 0.29) is 17.3 Å². The van der Waals surface area contributed by atoms with E-state index in [1.165, 1.54) is 13.1 Å². The van der Waals surface area contributed by atoms with Gasteiger partial charge in [0.1, 0.15) is 0 Å². The second-order valence-corrected chi connectivity index (χ2v) is 7.44. The fraction of sp³-hybridized carbons (Fsp3) is 0.500. The number of nitrogen functional groups attached to an aromatic ring is 1. The molecule has 0 fully saturated rings. The number of rotatable bonds is 6. The molecule has 0 aliphatic heterocycles. The molecular weight excluding hydrogens is 290 g/mol. The molecule has 0 atom stereocenters. The maximum absolute atomic E-state index is 12.5. The van der Waals surface area contributed by atoms with Gasteiger partial charge in [0.25, 0.3) is 0 Å². The minimum atomic E-state index is -3.73. The molecule has 0 bridgehead atoms. The predicted molar refractivity (Wildman–Crippen MR) is 83.3 cm³/mol. The van der Waals surface area contributed by atoms with Crippen molar-refractivity contribution in [2.75, 3.05) is 25.9 Å². The number of anilines is 1. The molecule has 6 nitrogen and oxygen atoms in total. The third-order valence-electron chi connectivity index (χ3n) is 3.09. The lowest BCUT2D eigenvalue weighted by atomic mass is 10.2. The SMILES string of the molecule is Cc1c(N)cccc1S(=O)(=O)N(C)CC(=O)NCC(C)C. The summed E-state index contributed by atoms with van der Waals surface area (Å²) < 4.78 is 26.0. The van der Waals surface area contributed by atoms with Crippen LogP contribution in [0.4, 0.5) is 5.69 Å². The number of hydrogen-bond donors (Lipinski definition) is 2. The van der Waals surface area contributed by atoms with Crippen molar-refractivity contribution in [3.63, 3.8) is 0 Å². The van der Waals surface area contributed by atoms with Crippen molar-refractivity contribution in [1.29, 1.82) is 0 Å². The summed E-state index contributed by atoms with van der Waals surface area (Å²) in [5.74, 6) is -0.0108. The van der Waals surface area contributed by atoms with Crippen molar-refractivity contribution in [1.82, 2.24) is 9.62 Å². The first kappa shape index (κ1) is 17.5. The first-order valence-corrected chi connectivity index (χ1v) is 8.18. The van der Waals surface area contributed by atoms with Gasteiger partial charge in [-0.1, -0.05) is 19.9 Å². The molecule has 1 aromatic carbocycles. The van der Waals surface area contributed by atoms with Gasteiger partial charge in [-0.2, -0.15) is 4.31 Å². The van der Waals surface area contributed by atoms with Crippen LogP contribution in [0.2, 0.25) is 0 Å². The van der Waals surface area contributed by atoms with Crippen LogP contribution in [0.3, 0.4) is 0 Å². The highest BCUT2D eigenvalue weighted by molar-refractivity contribution is 7.89. The van der Waals surface area contributed by atoms with Gasteiger partial charge in [0.2, 0.25) is 15.9 Å². The number of carbonyl (C=O) groups is 1. The van der Waals surface area contributed by atoms with Gasteiger partial charge in [-0.15, -0.1) is 0 Å². The first-order valence-electron chi connectivity index (χ1n) is 6.74. The number of carbonyl (C=O) groups excluding carboxylic acids is 1. The van der Waals surface area contributed by atoms with Gasteiger partial charge in [0.05, 0.1) is 11.4 Å². The summed E-state index contributed by atoms with van der Waals surface area (Å²) in [5, 5.41) is 2.69. The molecule has 0 radical (unpaired) electrons. The van der Waals surface area contributed by atoms with Crippen molar-refractivity contribution in [3.05, 3.63) is 23.8 Å². The van der Waals surface area contributed by atoms with Gasteiger partial charge >= 0.3 is 0 Å². The third-order valence-corrected chi connectivity index (χ3v) is 5.04. The quantitative estimate of drug-likeness (QED) is 0.765. The Morgan fingerprint density at radius 2 is 2.00 bits per heavy atom. The van der Waals surface area contributed by atoms with Crippen LogP contribution in [0.25, 0.3) is 0 Å². The monoisotopic (exact) mass is 313 g/mol. The lowest BCUT2D eigenvalue weighted by Gasteiger charge is -2.19. The van der Waals surface area contributed by atoms with Crippen LogP contribution in [-0.2, 0) is 14.8 Å². The van der Waals surface area contributed by atoms with Crippen LogP contribution in [0.15, 0.2) is 23.1 Å². The van der Waals surface area contributed by atoms with E-state index in [0.717, 1.165) is 4.31 Å². The zero-order valence-electron chi connectivity index (χ0n) is 12.9. The van der Waals surface area contributed by atoms with Gasteiger partial charge in [-0.05, 0) is 30.5 Å². The fourth-order valence-corrected chi connectivity index (χ4v) is 3.12. The van der Waals surface area contributed by atoms with E-state index in [2.05, 4.69) is 5.32 Å². The Balaban J connectivity index is 2.87. The highest BCUT2D eigenvalue weighted by atomic mass is 32.2.